The molecule has 3 nitrogen and oxygen atoms in total. The van der Waals surface area contributed by atoms with Gasteiger partial charge in [0.05, 0.1) is 25.9 Å². The molecule has 2 saturated heterocycles. The fourth-order valence-electron chi connectivity index (χ4n) is 2.20. The van der Waals surface area contributed by atoms with Gasteiger partial charge in [-0.2, -0.15) is 0 Å². The Bertz CT molecular complexity index is 152. The highest BCUT2D eigenvalue weighted by molar-refractivity contribution is 4.89. The van der Waals surface area contributed by atoms with Gasteiger partial charge >= 0.3 is 0 Å². The summed E-state index contributed by atoms with van der Waals surface area (Å²) in [4.78, 5) is 0. The summed E-state index contributed by atoms with van der Waals surface area (Å²) in [5, 5.41) is 8.91. The lowest BCUT2D eigenvalue weighted by molar-refractivity contribution is -0.0148. The molecular weight excluding hydrogens is 156 g/mol. The number of ether oxygens (including phenoxy) is 2. The molecule has 0 bridgehead atoms. The van der Waals surface area contributed by atoms with Gasteiger partial charge in [-0.15, -0.1) is 0 Å². The Hall–Kier alpha value is -0.120. The van der Waals surface area contributed by atoms with Crippen molar-refractivity contribution >= 4 is 0 Å². The normalized spacial score (nSPS) is 42.2. The van der Waals surface area contributed by atoms with Gasteiger partial charge in [0, 0.05) is 12.0 Å². The third kappa shape index (κ3) is 1.49. The fourth-order valence-corrected chi connectivity index (χ4v) is 2.20. The number of hydrogen-bond acceptors (Lipinski definition) is 3. The van der Waals surface area contributed by atoms with Gasteiger partial charge in [0.1, 0.15) is 0 Å². The minimum atomic E-state index is 0.0618. The fraction of sp³-hybridized carbons (Fsp3) is 1.00. The summed E-state index contributed by atoms with van der Waals surface area (Å²) in [6, 6.07) is 0. The van der Waals surface area contributed by atoms with Gasteiger partial charge in [0.15, 0.2) is 0 Å². The highest BCUT2D eigenvalue weighted by Gasteiger charge is 2.41. The zero-order valence-corrected chi connectivity index (χ0v) is 7.29. The average molecular weight is 172 g/mol. The Morgan fingerprint density at radius 1 is 1.42 bits per heavy atom. The molecule has 2 aliphatic rings. The van der Waals surface area contributed by atoms with Gasteiger partial charge in [0.2, 0.25) is 0 Å². The molecule has 12 heavy (non-hydrogen) atoms. The Morgan fingerprint density at radius 3 is 2.92 bits per heavy atom. The lowest BCUT2D eigenvalue weighted by atomic mass is 9.81. The Morgan fingerprint density at radius 2 is 2.33 bits per heavy atom. The van der Waals surface area contributed by atoms with Crippen LogP contribution in [0.2, 0.25) is 0 Å². The lowest BCUT2D eigenvalue weighted by Gasteiger charge is -2.31. The van der Waals surface area contributed by atoms with Crippen LogP contribution in [0.15, 0.2) is 0 Å². The molecule has 3 heteroatoms. The topological polar surface area (TPSA) is 38.7 Å². The van der Waals surface area contributed by atoms with Crippen LogP contribution in [0.25, 0.3) is 0 Å². The number of aliphatic hydroxyl groups excluding tert-OH is 1. The van der Waals surface area contributed by atoms with Crippen LogP contribution < -0.4 is 0 Å². The van der Waals surface area contributed by atoms with E-state index in [1.807, 2.05) is 0 Å². The van der Waals surface area contributed by atoms with Crippen LogP contribution in [0.1, 0.15) is 19.3 Å². The van der Waals surface area contributed by atoms with Crippen LogP contribution in [0.3, 0.4) is 0 Å². The standard InChI is InChI=1S/C9H16O3/c10-5-8-4-9(7-12-8)2-1-3-11-6-9/h8,10H,1-7H2/t8-,9+/m1/s1. The Balaban J connectivity index is 1.94. The first-order valence-electron chi connectivity index (χ1n) is 4.65. The molecule has 1 spiro atoms. The van der Waals surface area contributed by atoms with E-state index in [-0.39, 0.29) is 18.1 Å². The maximum atomic E-state index is 8.91. The van der Waals surface area contributed by atoms with E-state index in [1.54, 1.807) is 0 Å². The van der Waals surface area contributed by atoms with E-state index in [0.717, 1.165) is 32.7 Å². The molecule has 0 aromatic rings. The minimum Gasteiger partial charge on any atom is -0.394 e. The van der Waals surface area contributed by atoms with Crippen molar-refractivity contribution in [1.82, 2.24) is 0 Å². The van der Waals surface area contributed by atoms with E-state index < -0.39 is 0 Å². The summed E-state index contributed by atoms with van der Waals surface area (Å²) in [6.45, 7) is 2.65. The third-order valence-corrected chi connectivity index (χ3v) is 2.89. The summed E-state index contributed by atoms with van der Waals surface area (Å²) in [5.41, 5.74) is 0.242. The maximum absolute atomic E-state index is 8.91. The predicted octanol–water partition coefficient (Wildman–Crippen LogP) is 0.564. The molecule has 70 valence electrons. The zero-order valence-electron chi connectivity index (χ0n) is 7.29. The van der Waals surface area contributed by atoms with E-state index in [2.05, 4.69) is 0 Å². The second kappa shape index (κ2) is 3.32. The van der Waals surface area contributed by atoms with Gasteiger partial charge in [-0.3, -0.25) is 0 Å². The second-order valence-corrected chi connectivity index (χ2v) is 3.98. The van der Waals surface area contributed by atoms with Crippen LogP contribution in [0.4, 0.5) is 0 Å². The monoisotopic (exact) mass is 172 g/mol. The van der Waals surface area contributed by atoms with Crippen LogP contribution in [-0.4, -0.2) is 37.6 Å². The van der Waals surface area contributed by atoms with Crippen LogP contribution in [0, 0.1) is 5.41 Å². The van der Waals surface area contributed by atoms with Crippen molar-refractivity contribution in [2.24, 2.45) is 5.41 Å². The number of hydrogen-bond donors (Lipinski definition) is 1. The van der Waals surface area contributed by atoms with Gasteiger partial charge < -0.3 is 14.6 Å². The highest BCUT2D eigenvalue weighted by atomic mass is 16.5. The van der Waals surface area contributed by atoms with Crippen molar-refractivity contribution in [3.8, 4) is 0 Å². The molecule has 0 aromatic heterocycles. The van der Waals surface area contributed by atoms with Gasteiger partial charge in [-0.1, -0.05) is 0 Å². The molecule has 2 fully saturated rings. The van der Waals surface area contributed by atoms with E-state index in [4.69, 9.17) is 14.6 Å². The van der Waals surface area contributed by atoms with Crippen molar-refractivity contribution in [3.63, 3.8) is 0 Å². The van der Waals surface area contributed by atoms with E-state index in [9.17, 15) is 0 Å². The van der Waals surface area contributed by atoms with E-state index in [1.165, 1.54) is 6.42 Å². The molecule has 0 saturated carbocycles. The average Bonchev–Trinajstić information content (AvgIpc) is 2.50. The molecule has 2 rings (SSSR count). The molecule has 2 aliphatic heterocycles. The first kappa shape index (κ1) is 8.48. The smallest absolute Gasteiger partial charge is 0.0813 e. The van der Waals surface area contributed by atoms with Crippen molar-refractivity contribution in [2.75, 3.05) is 26.4 Å². The summed E-state index contributed by atoms with van der Waals surface area (Å²) < 4.78 is 10.9. The molecule has 0 aliphatic carbocycles. The molecule has 2 heterocycles. The zero-order chi connectivity index (χ0) is 8.44. The molecule has 0 aromatic carbocycles. The molecule has 0 radical (unpaired) electrons. The molecule has 1 N–H and O–H groups in total. The van der Waals surface area contributed by atoms with Gasteiger partial charge in [0.25, 0.3) is 0 Å². The molecule has 0 unspecified atom stereocenters. The lowest BCUT2D eigenvalue weighted by Crippen LogP contribution is -2.32. The summed E-state index contributed by atoms with van der Waals surface area (Å²) in [7, 11) is 0. The number of aliphatic hydroxyl groups is 1. The maximum Gasteiger partial charge on any atom is 0.0813 e. The Labute approximate surface area is 72.7 Å². The molecule has 2 atom stereocenters. The first-order valence-corrected chi connectivity index (χ1v) is 4.65. The largest absolute Gasteiger partial charge is 0.394 e. The van der Waals surface area contributed by atoms with Gasteiger partial charge in [-0.25, -0.2) is 0 Å². The summed E-state index contributed by atoms with van der Waals surface area (Å²) in [6.07, 6.45) is 3.38. The van der Waals surface area contributed by atoms with Crippen molar-refractivity contribution < 1.29 is 14.6 Å². The third-order valence-electron chi connectivity index (χ3n) is 2.89. The van der Waals surface area contributed by atoms with E-state index >= 15 is 0 Å². The van der Waals surface area contributed by atoms with Crippen LogP contribution >= 0.6 is 0 Å². The quantitative estimate of drug-likeness (QED) is 0.628. The van der Waals surface area contributed by atoms with Crippen molar-refractivity contribution in [3.05, 3.63) is 0 Å². The van der Waals surface area contributed by atoms with Crippen molar-refractivity contribution in [2.45, 2.75) is 25.4 Å². The van der Waals surface area contributed by atoms with Crippen molar-refractivity contribution in [1.29, 1.82) is 0 Å². The number of rotatable bonds is 1. The van der Waals surface area contributed by atoms with E-state index in [0.29, 0.717) is 0 Å². The van der Waals surface area contributed by atoms with Crippen LogP contribution in [-0.2, 0) is 9.47 Å². The Kier molecular flexibility index (Phi) is 2.35. The molecule has 0 amide bonds. The summed E-state index contributed by atoms with van der Waals surface area (Å²) in [5.74, 6) is 0. The first-order chi connectivity index (χ1) is 5.85. The van der Waals surface area contributed by atoms with Gasteiger partial charge in [-0.05, 0) is 19.3 Å². The predicted molar refractivity (Wildman–Crippen MR) is 43.9 cm³/mol. The minimum absolute atomic E-state index is 0.0618. The highest BCUT2D eigenvalue weighted by Crippen LogP contribution is 2.39. The SMILES string of the molecule is OC[C@H]1C[C@]2(CCCOC2)CO1. The van der Waals surface area contributed by atoms with Crippen LogP contribution in [0.5, 0.6) is 0 Å². The second-order valence-electron chi connectivity index (χ2n) is 3.98. The summed E-state index contributed by atoms with van der Waals surface area (Å²) >= 11 is 0. The molecular formula is C9H16O3.